The summed E-state index contributed by atoms with van der Waals surface area (Å²) in [5.41, 5.74) is 4.34. The fraction of sp³-hybridized carbons (Fsp3) is 0.167. The monoisotopic (exact) mass is 438 g/mol. The van der Waals surface area contributed by atoms with Gasteiger partial charge in [-0.1, -0.05) is 59.1 Å². The van der Waals surface area contributed by atoms with Gasteiger partial charge in [-0.3, -0.25) is 4.79 Å². The van der Waals surface area contributed by atoms with Crippen molar-refractivity contribution in [3.63, 3.8) is 0 Å². The van der Waals surface area contributed by atoms with Crippen molar-refractivity contribution in [2.75, 3.05) is 12.4 Å². The average molecular weight is 439 g/mol. The molecule has 6 heteroatoms. The molecule has 0 radical (unpaired) electrons. The number of hydrogen-bond donors (Lipinski definition) is 1. The number of rotatable bonds is 5. The van der Waals surface area contributed by atoms with Crippen molar-refractivity contribution in [1.82, 2.24) is 0 Å². The number of ether oxygens (including phenoxy) is 1. The number of nitrogens with zero attached hydrogens (tertiary/aromatic N) is 1. The third-order valence-corrected chi connectivity index (χ3v) is 5.41. The van der Waals surface area contributed by atoms with Gasteiger partial charge in [0.1, 0.15) is 5.75 Å². The van der Waals surface area contributed by atoms with E-state index in [9.17, 15) is 10.1 Å². The van der Waals surface area contributed by atoms with Crippen LogP contribution >= 0.6 is 23.2 Å². The predicted octanol–water partition coefficient (Wildman–Crippen LogP) is 6.53. The highest BCUT2D eigenvalue weighted by Gasteiger charge is 2.20. The molecule has 0 saturated carbocycles. The molecule has 1 amide bonds. The van der Waals surface area contributed by atoms with E-state index in [1.807, 2.05) is 44.2 Å². The zero-order chi connectivity index (χ0) is 21.8. The number of aryl methyl sites for hydroxylation is 2. The number of nitriles is 1. The maximum Gasteiger partial charge on any atom is 0.259 e. The number of amides is 1. The minimum atomic E-state index is -0.505. The van der Waals surface area contributed by atoms with Crippen LogP contribution in [0.4, 0.5) is 5.69 Å². The minimum Gasteiger partial charge on any atom is -0.496 e. The molecule has 0 saturated heterocycles. The van der Waals surface area contributed by atoms with Gasteiger partial charge in [-0.15, -0.1) is 0 Å². The Bertz CT molecular complexity index is 1140. The number of halogens is 2. The van der Waals surface area contributed by atoms with Crippen LogP contribution in [-0.4, -0.2) is 13.0 Å². The molecule has 0 fully saturated rings. The van der Waals surface area contributed by atoms with Crippen molar-refractivity contribution >= 4 is 34.8 Å². The Hall–Kier alpha value is -3.00. The number of hydrogen-bond acceptors (Lipinski definition) is 3. The van der Waals surface area contributed by atoms with Gasteiger partial charge < -0.3 is 10.1 Å². The molecule has 152 valence electrons. The van der Waals surface area contributed by atoms with E-state index < -0.39 is 5.92 Å². The first-order valence-electron chi connectivity index (χ1n) is 9.25. The lowest BCUT2D eigenvalue weighted by molar-refractivity contribution is 0.102. The first-order valence-corrected chi connectivity index (χ1v) is 10.0. The maximum absolute atomic E-state index is 12.8. The minimum absolute atomic E-state index is 0.319. The second kappa shape index (κ2) is 9.21. The quantitative estimate of drug-likeness (QED) is 0.492. The summed E-state index contributed by atoms with van der Waals surface area (Å²) in [6, 6.07) is 18.4. The number of methoxy groups -OCH3 is 1. The van der Waals surface area contributed by atoms with E-state index in [1.165, 1.54) is 7.11 Å². The van der Waals surface area contributed by atoms with E-state index in [-0.39, 0.29) is 5.91 Å². The molecule has 0 spiro atoms. The van der Waals surface area contributed by atoms with Crippen molar-refractivity contribution in [2.45, 2.75) is 19.8 Å². The van der Waals surface area contributed by atoms with Crippen LogP contribution in [0.3, 0.4) is 0 Å². The molecular formula is C24H20Cl2N2O2. The molecule has 0 aliphatic carbocycles. The highest BCUT2D eigenvalue weighted by Crippen LogP contribution is 2.34. The highest BCUT2D eigenvalue weighted by molar-refractivity contribution is 6.32. The molecule has 3 aromatic carbocycles. The van der Waals surface area contributed by atoms with Gasteiger partial charge >= 0.3 is 0 Å². The van der Waals surface area contributed by atoms with Gasteiger partial charge in [-0.05, 0) is 54.8 Å². The molecule has 3 aromatic rings. The second-order valence-corrected chi connectivity index (χ2v) is 7.80. The standard InChI is InChI=1S/C24H20Cl2N2O2/c1-14-4-6-16(7-5-14)20(13-27)18-10-15(2)22(12-21(18)26)28-24(29)19-11-17(25)8-9-23(19)30-3/h4-12,20H,1-3H3,(H,28,29). The number of nitrogens with one attached hydrogen (secondary N) is 1. The first-order chi connectivity index (χ1) is 14.3. The van der Waals surface area contributed by atoms with Crippen LogP contribution in [0, 0.1) is 25.2 Å². The topological polar surface area (TPSA) is 62.1 Å². The van der Waals surface area contributed by atoms with Gasteiger partial charge in [0.15, 0.2) is 0 Å². The van der Waals surface area contributed by atoms with E-state index in [1.54, 1.807) is 24.3 Å². The fourth-order valence-electron chi connectivity index (χ4n) is 3.19. The molecule has 30 heavy (non-hydrogen) atoms. The summed E-state index contributed by atoms with van der Waals surface area (Å²) in [5.74, 6) is -0.451. The van der Waals surface area contributed by atoms with Crippen LogP contribution in [-0.2, 0) is 0 Å². The normalized spacial score (nSPS) is 11.5. The molecule has 0 heterocycles. The van der Waals surface area contributed by atoms with E-state index in [0.29, 0.717) is 32.6 Å². The van der Waals surface area contributed by atoms with Crippen molar-refractivity contribution in [1.29, 1.82) is 5.26 Å². The highest BCUT2D eigenvalue weighted by atomic mass is 35.5. The summed E-state index contributed by atoms with van der Waals surface area (Å²) >= 11 is 12.6. The molecule has 0 aliphatic rings. The number of benzene rings is 3. The predicted molar refractivity (Wildman–Crippen MR) is 121 cm³/mol. The smallest absolute Gasteiger partial charge is 0.259 e. The van der Waals surface area contributed by atoms with Crippen molar-refractivity contribution in [3.05, 3.63) is 92.5 Å². The van der Waals surface area contributed by atoms with Crippen molar-refractivity contribution < 1.29 is 9.53 Å². The van der Waals surface area contributed by atoms with Gasteiger partial charge in [0, 0.05) is 15.7 Å². The molecule has 0 bridgehead atoms. The Morgan fingerprint density at radius 1 is 1.07 bits per heavy atom. The summed E-state index contributed by atoms with van der Waals surface area (Å²) < 4.78 is 5.25. The van der Waals surface area contributed by atoms with Crippen LogP contribution in [0.2, 0.25) is 10.0 Å². The van der Waals surface area contributed by atoms with Gasteiger partial charge in [0.25, 0.3) is 5.91 Å². The third kappa shape index (κ3) is 4.59. The molecule has 0 aliphatic heterocycles. The molecule has 1 unspecified atom stereocenters. The molecular weight excluding hydrogens is 419 g/mol. The lowest BCUT2D eigenvalue weighted by Gasteiger charge is -2.17. The largest absolute Gasteiger partial charge is 0.496 e. The average Bonchev–Trinajstić information content (AvgIpc) is 2.73. The van der Waals surface area contributed by atoms with Crippen LogP contribution in [0.1, 0.15) is 38.5 Å². The second-order valence-electron chi connectivity index (χ2n) is 6.96. The fourth-order valence-corrected chi connectivity index (χ4v) is 3.63. The van der Waals surface area contributed by atoms with E-state index in [2.05, 4.69) is 11.4 Å². The number of anilines is 1. The Morgan fingerprint density at radius 2 is 1.77 bits per heavy atom. The van der Waals surface area contributed by atoms with E-state index >= 15 is 0 Å². The third-order valence-electron chi connectivity index (χ3n) is 4.85. The molecule has 0 aromatic heterocycles. The molecule has 1 atom stereocenters. The van der Waals surface area contributed by atoms with Crippen LogP contribution < -0.4 is 10.1 Å². The van der Waals surface area contributed by atoms with Gasteiger partial charge in [-0.2, -0.15) is 5.26 Å². The Morgan fingerprint density at radius 3 is 2.40 bits per heavy atom. The zero-order valence-corrected chi connectivity index (χ0v) is 18.3. The Kier molecular flexibility index (Phi) is 6.66. The summed E-state index contributed by atoms with van der Waals surface area (Å²) in [6.45, 7) is 3.85. The van der Waals surface area contributed by atoms with E-state index in [4.69, 9.17) is 27.9 Å². The van der Waals surface area contributed by atoms with Crippen molar-refractivity contribution in [2.24, 2.45) is 0 Å². The summed E-state index contributed by atoms with van der Waals surface area (Å²) in [4.78, 5) is 12.8. The van der Waals surface area contributed by atoms with Gasteiger partial charge in [0.2, 0.25) is 0 Å². The molecule has 1 N–H and O–H groups in total. The summed E-state index contributed by atoms with van der Waals surface area (Å²) in [6.07, 6.45) is 0. The molecule has 3 rings (SSSR count). The first kappa shape index (κ1) is 21.7. The van der Waals surface area contributed by atoms with Gasteiger partial charge in [-0.25, -0.2) is 0 Å². The molecule has 4 nitrogen and oxygen atoms in total. The summed E-state index contributed by atoms with van der Waals surface area (Å²) in [7, 11) is 1.49. The van der Waals surface area contributed by atoms with Crippen LogP contribution in [0.15, 0.2) is 54.6 Å². The van der Waals surface area contributed by atoms with Crippen LogP contribution in [0.25, 0.3) is 0 Å². The maximum atomic E-state index is 12.8. The number of carbonyl (C=O) groups is 1. The summed E-state index contributed by atoms with van der Waals surface area (Å²) in [5, 5.41) is 13.5. The van der Waals surface area contributed by atoms with Crippen molar-refractivity contribution in [3.8, 4) is 11.8 Å². The number of carbonyl (C=O) groups excluding carboxylic acids is 1. The SMILES string of the molecule is COc1ccc(Cl)cc1C(=O)Nc1cc(Cl)c(C(C#N)c2ccc(C)cc2)cc1C. The zero-order valence-electron chi connectivity index (χ0n) is 16.8. The van der Waals surface area contributed by atoms with E-state index in [0.717, 1.165) is 16.7 Å². The van der Waals surface area contributed by atoms with Crippen LogP contribution in [0.5, 0.6) is 5.75 Å². The van der Waals surface area contributed by atoms with Gasteiger partial charge in [0.05, 0.1) is 24.7 Å². The Labute approximate surface area is 186 Å². The lowest BCUT2D eigenvalue weighted by atomic mass is 9.90. The Balaban J connectivity index is 1.93. The lowest BCUT2D eigenvalue weighted by Crippen LogP contribution is -2.14.